The molecule has 0 saturated heterocycles. The summed E-state index contributed by atoms with van der Waals surface area (Å²) in [5, 5.41) is 2.90. The lowest BCUT2D eigenvalue weighted by atomic mass is 10.2. The van der Waals surface area contributed by atoms with Crippen molar-refractivity contribution in [1.29, 1.82) is 0 Å². The predicted molar refractivity (Wildman–Crippen MR) is 107 cm³/mol. The highest BCUT2D eigenvalue weighted by molar-refractivity contribution is 5.95. The topological polar surface area (TPSA) is 76.2 Å². The van der Waals surface area contributed by atoms with Crippen molar-refractivity contribution in [3.63, 3.8) is 0 Å². The lowest BCUT2D eigenvalue weighted by Crippen LogP contribution is -2.40. The molecule has 1 amide bonds. The normalized spacial score (nSPS) is 15.4. The van der Waals surface area contributed by atoms with Gasteiger partial charge in [-0.15, -0.1) is 0 Å². The second kappa shape index (κ2) is 6.74. The largest absolute Gasteiger partial charge is 0.485 e. The molecule has 0 spiro atoms. The summed E-state index contributed by atoms with van der Waals surface area (Å²) in [6, 6.07) is 22.7. The van der Waals surface area contributed by atoms with Crippen LogP contribution in [-0.4, -0.2) is 28.6 Å². The molecule has 0 fully saturated rings. The van der Waals surface area contributed by atoms with Crippen LogP contribution >= 0.6 is 0 Å². The number of imidazole rings is 1. The number of hydrogen-bond donors (Lipinski definition) is 2. The highest BCUT2D eigenvalue weighted by atomic mass is 16.6. The second-order valence-corrected chi connectivity index (χ2v) is 6.54. The van der Waals surface area contributed by atoms with Gasteiger partial charge >= 0.3 is 0 Å². The van der Waals surface area contributed by atoms with E-state index < -0.39 is 6.10 Å². The van der Waals surface area contributed by atoms with Gasteiger partial charge in [0, 0.05) is 11.3 Å². The van der Waals surface area contributed by atoms with Gasteiger partial charge in [0.15, 0.2) is 11.5 Å². The molecule has 4 aromatic rings. The van der Waals surface area contributed by atoms with E-state index in [-0.39, 0.29) is 12.5 Å². The first kappa shape index (κ1) is 16.4. The van der Waals surface area contributed by atoms with Gasteiger partial charge in [0.1, 0.15) is 12.4 Å². The summed E-state index contributed by atoms with van der Waals surface area (Å²) in [7, 11) is 0. The molecule has 28 heavy (non-hydrogen) atoms. The molecule has 5 rings (SSSR count). The molecule has 0 bridgehead atoms. The van der Waals surface area contributed by atoms with Crippen LogP contribution in [0.25, 0.3) is 22.4 Å². The molecule has 2 N–H and O–H groups in total. The van der Waals surface area contributed by atoms with Crippen molar-refractivity contribution in [1.82, 2.24) is 9.97 Å². The van der Waals surface area contributed by atoms with E-state index in [0.29, 0.717) is 17.2 Å². The zero-order valence-corrected chi connectivity index (χ0v) is 14.9. The number of amides is 1. The maximum Gasteiger partial charge on any atom is 0.269 e. The molecule has 2 heterocycles. The molecule has 138 valence electrons. The third kappa shape index (κ3) is 3.05. The highest BCUT2D eigenvalue weighted by Gasteiger charge is 2.27. The van der Waals surface area contributed by atoms with Crippen LogP contribution in [0.4, 0.5) is 5.69 Å². The summed E-state index contributed by atoms with van der Waals surface area (Å²) < 4.78 is 11.4. The Hall–Kier alpha value is -3.80. The first-order chi connectivity index (χ1) is 13.8. The fraction of sp³-hybridized carbons (Fsp3) is 0.0909. The third-order valence-corrected chi connectivity index (χ3v) is 4.59. The number of carbonyl (C=O) groups excluding carboxylic acids is 1. The van der Waals surface area contributed by atoms with Crippen LogP contribution < -0.4 is 14.8 Å². The van der Waals surface area contributed by atoms with E-state index in [2.05, 4.69) is 15.3 Å². The van der Waals surface area contributed by atoms with Gasteiger partial charge in [-0.1, -0.05) is 36.4 Å². The Morgan fingerprint density at radius 3 is 2.71 bits per heavy atom. The summed E-state index contributed by atoms with van der Waals surface area (Å²) >= 11 is 0. The van der Waals surface area contributed by atoms with Crippen molar-refractivity contribution in [2.24, 2.45) is 0 Å². The molecule has 0 radical (unpaired) electrons. The van der Waals surface area contributed by atoms with Crippen molar-refractivity contribution in [2.75, 3.05) is 11.9 Å². The molecular formula is C22H17N3O3. The van der Waals surface area contributed by atoms with E-state index in [9.17, 15) is 4.79 Å². The van der Waals surface area contributed by atoms with E-state index in [1.54, 1.807) is 6.07 Å². The minimum atomic E-state index is -0.704. The number of aromatic amines is 1. The van der Waals surface area contributed by atoms with Crippen molar-refractivity contribution < 1.29 is 14.3 Å². The lowest BCUT2D eigenvalue weighted by molar-refractivity contribution is -0.125. The van der Waals surface area contributed by atoms with Gasteiger partial charge in [-0.05, 0) is 36.4 Å². The monoisotopic (exact) mass is 371 g/mol. The standard InChI is InChI=1S/C22H17N3O3/c26-22(20-13-27-18-10-3-4-11-19(18)28-20)23-15-7-5-6-14(12-15)21-24-16-8-1-2-9-17(16)25-21/h1-12,20H,13H2,(H,23,26)(H,24,25)/t20-/m1/s1. The average molecular weight is 371 g/mol. The number of benzene rings is 3. The Labute approximate surface area is 161 Å². The first-order valence-electron chi connectivity index (χ1n) is 9.01. The molecule has 0 saturated carbocycles. The highest BCUT2D eigenvalue weighted by Crippen LogP contribution is 2.31. The van der Waals surface area contributed by atoms with Gasteiger partial charge in [-0.25, -0.2) is 4.98 Å². The number of H-pyrrole nitrogens is 1. The fourth-order valence-electron chi connectivity index (χ4n) is 3.21. The van der Waals surface area contributed by atoms with Crippen molar-refractivity contribution in [3.05, 3.63) is 72.8 Å². The SMILES string of the molecule is O=C(Nc1cccc(-c2nc3ccccc3[nH]2)c1)[C@H]1COc2ccccc2O1. The zero-order chi connectivity index (χ0) is 18.9. The van der Waals surface area contributed by atoms with Gasteiger partial charge < -0.3 is 19.8 Å². The van der Waals surface area contributed by atoms with E-state index in [0.717, 1.165) is 22.4 Å². The average Bonchev–Trinajstić information content (AvgIpc) is 3.18. The maximum absolute atomic E-state index is 12.6. The number of nitrogens with one attached hydrogen (secondary N) is 2. The minimum Gasteiger partial charge on any atom is -0.485 e. The van der Waals surface area contributed by atoms with Crippen molar-refractivity contribution in [3.8, 4) is 22.9 Å². The van der Waals surface area contributed by atoms with Crippen molar-refractivity contribution in [2.45, 2.75) is 6.10 Å². The maximum atomic E-state index is 12.6. The van der Waals surface area contributed by atoms with Crippen LogP contribution in [0.2, 0.25) is 0 Å². The summed E-state index contributed by atoms with van der Waals surface area (Å²) in [6.45, 7) is 0.173. The fourth-order valence-corrected chi connectivity index (χ4v) is 3.21. The van der Waals surface area contributed by atoms with E-state index in [1.165, 1.54) is 0 Å². The van der Waals surface area contributed by atoms with E-state index in [1.807, 2.05) is 66.7 Å². The number of ether oxygens (including phenoxy) is 2. The number of hydrogen-bond acceptors (Lipinski definition) is 4. The summed E-state index contributed by atoms with van der Waals surface area (Å²) in [4.78, 5) is 20.5. The molecule has 1 atom stereocenters. The third-order valence-electron chi connectivity index (χ3n) is 4.59. The predicted octanol–water partition coefficient (Wildman–Crippen LogP) is 4.01. The van der Waals surface area contributed by atoms with Crippen LogP contribution in [0.5, 0.6) is 11.5 Å². The molecule has 1 aliphatic heterocycles. The van der Waals surface area contributed by atoms with Gasteiger partial charge in [0.05, 0.1) is 11.0 Å². The van der Waals surface area contributed by atoms with Crippen LogP contribution in [-0.2, 0) is 4.79 Å². The summed E-state index contributed by atoms with van der Waals surface area (Å²) in [5.41, 5.74) is 3.43. The quantitative estimate of drug-likeness (QED) is 0.571. The van der Waals surface area contributed by atoms with E-state index >= 15 is 0 Å². The van der Waals surface area contributed by atoms with Gasteiger partial charge in [-0.2, -0.15) is 0 Å². The molecule has 3 aromatic carbocycles. The first-order valence-corrected chi connectivity index (χ1v) is 9.01. The number of rotatable bonds is 3. The van der Waals surface area contributed by atoms with Crippen LogP contribution in [0.15, 0.2) is 72.8 Å². The zero-order valence-electron chi connectivity index (χ0n) is 14.9. The van der Waals surface area contributed by atoms with E-state index in [4.69, 9.17) is 9.47 Å². The van der Waals surface area contributed by atoms with Crippen LogP contribution in [0.1, 0.15) is 0 Å². The summed E-state index contributed by atoms with van der Waals surface area (Å²) in [5.74, 6) is 1.73. The van der Waals surface area contributed by atoms with Gasteiger partial charge in [0.25, 0.3) is 5.91 Å². The molecule has 1 aliphatic rings. The van der Waals surface area contributed by atoms with Gasteiger partial charge in [-0.3, -0.25) is 4.79 Å². The summed E-state index contributed by atoms with van der Waals surface area (Å²) in [6.07, 6.45) is -0.704. The molecule has 0 aliphatic carbocycles. The molecule has 6 heteroatoms. The van der Waals surface area contributed by atoms with Gasteiger partial charge in [0.2, 0.25) is 6.10 Å². The smallest absolute Gasteiger partial charge is 0.269 e. The number of nitrogens with zero attached hydrogens (tertiary/aromatic N) is 1. The van der Waals surface area contributed by atoms with Crippen LogP contribution in [0.3, 0.4) is 0 Å². The second-order valence-electron chi connectivity index (χ2n) is 6.54. The van der Waals surface area contributed by atoms with Crippen LogP contribution in [0, 0.1) is 0 Å². The number of aromatic nitrogens is 2. The molecule has 1 aromatic heterocycles. The Kier molecular flexibility index (Phi) is 3.94. The molecule has 0 unspecified atom stereocenters. The Bertz CT molecular complexity index is 1140. The Morgan fingerprint density at radius 2 is 1.82 bits per heavy atom. The Balaban J connectivity index is 1.35. The minimum absolute atomic E-state index is 0.173. The number of anilines is 1. The Morgan fingerprint density at radius 1 is 1.00 bits per heavy atom. The number of fused-ring (bicyclic) bond motifs is 2. The molecular weight excluding hydrogens is 354 g/mol. The molecule has 6 nitrogen and oxygen atoms in total. The lowest BCUT2D eigenvalue weighted by Gasteiger charge is -2.25. The van der Waals surface area contributed by atoms with Crippen molar-refractivity contribution >= 4 is 22.6 Å². The number of para-hydroxylation sites is 4. The number of carbonyl (C=O) groups is 1.